The lowest BCUT2D eigenvalue weighted by molar-refractivity contribution is -0.141. The van der Waals surface area contributed by atoms with Crippen LogP contribution < -0.4 is 11.2 Å². The zero-order chi connectivity index (χ0) is 8.43. The maximum atomic E-state index is 10.3. The molecular formula is C5H7ClN2O3. The number of hydrogen-bond donors (Lipinski definition) is 3. The topological polar surface area (TPSA) is 84.6 Å². The number of aliphatic carboxylic acids is 1. The minimum Gasteiger partial charge on any atom is -0.480 e. The van der Waals surface area contributed by atoms with E-state index in [2.05, 4.69) is 5.48 Å². The number of carbonyl (C=O) groups is 1. The summed E-state index contributed by atoms with van der Waals surface area (Å²) in [5, 5.41) is 8.68. The van der Waals surface area contributed by atoms with Crippen molar-refractivity contribution in [3.05, 3.63) is 11.2 Å². The largest absolute Gasteiger partial charge is 0.480 e. The fourth-order valence-corrected chi connectivity index (χ4v) is 0.823. The quantitative estimate of drug-likeness (QED) is 0.491. The summed E-state index contributed by atoms with van der Waals surface area (Å²) in [6.45, 7) is 0. The van der Waals surface area contributed by atoms with Crippen molar-refractivity contribution in [1.29, 1.82) is 0 Å². The Kier molecular flexibility index (Phi) is 2.33. The average Bonchev–Trinajstić information content (AvgIpc) is 2.34. The monoisotopic (exact) mass is 178 g/mol. The summed E-state index contributed by atoms with van der Waals surface area (Å²) in [5.41, 5.74) is 7.50. The molecule has 0 aromatic rings. The van der Waals surface area contributed by atoms with E-state index in [9.17, 15) is 4.79 Å². The van der Waals surface area contributed by atoms with E-state index in [1.54, 1.807) is 0 Å². The molecule has 0 radical (unpaired) electrons. The van der Waals surface area contributed by atoms with E-state index >= 15 is 0 Å². The smallest absolute Gasteiger partial charge is 0.323 e. The highest BCUT2D eigenvalue weighted by atomic mass is 35.5. The lowest BCUT2D eigenvalue weighted by Crippen LogP contribution is -2.41. The van der Waals surface area contributed by atoms with Gasteiger partial charge in [0.15, 0.2) is 0 Å². The van der Waals surface area contributed by atoms with Crippen LogP contribution in [0, 0.1) is 0 Å². The molecule has 1 aliphatic rings. The first-order valence-corrected chi connectivity index (χ1v) is 3.26. The van der Waals surface area contributed by atoms with E-state index in [-0.39, 0.29) is 5.16 Å². The SMILES string of the molecule is N[C@H](C(=O)O)[C@H]1C=C(Cl)NO1. The normalized spacial score (nSPS) is 25.6. The van der Waals surface area contributed by atoms with Gasteiger partial charge in [0, 0.05) is 0 Å². The molecule has 1 heterocycles. The number of nitrogens with two attached hydrogens (primary N) is 1. The van der Waals surface area contributed by atoms with Gasteiger partial charge in [0.05, 0.1) is 0 Å². The van der Waals surface area contributed by atoms with Gasteiger partial charge < -0.3 is 10.8 Å². The second-order valence-corrected chi connectivity index (χ2v) is 2.47. The molecule has 4 N–H and O–H groups in total. The first-order valence-electron chi connectivity index (χ1n) is 2.88. The average molecular weight is 179 g/mol. The van der Waals surface area contributed by atoms with E-state index in [4.69, 9.17) is 27.3 Å². The van der Waals surface area contributed by atoms with Crippen LogP contribution in [0.5, 0.6) is 0 Å². The van der Waals surface area contributed by atoms with Gasteiger partial charge in [0.25, 0.3) is 0 Å². The predicted octanol–water partition coefficient (Wildman–Crippen LogP) is -0.618. The van der Waals surface area contributed by atoms with Crippen LogP contribution in [-0.2, 0) is 9.63 Å². The highest BCUT2D eigenvalue weighted by Gasteiger charge is 2.27. The molecular weight excluding hydrogens is 172 g/mol. The van der Waals surface area contributed by atoms with Crippen molar-refractivity contribution < 1.29 is 14.7 Å². The van der Waals surface area contributed by atoms with Crippen LogP contribution in [0.2, 0.25) is 0 Å². The molecule has 1 aliphatic heterocycles. The van der Waals surface area contributed by atoms with Gasteiger partial charge in [-0.3, -0.25) is 15.1 Å². The number of hydrogen-bond acceptors (Lipinski definition) is 4. The van der Waals surface area contributed by atoms with Crippen LogP contribution in [0.4, 0.5) is 0 Å². The number of hydroxylamine groups is 1. The van der Waals surface area contributed by atoms with Crippen LogP contribution in [0.15, 0.2) is 11.2 Å². The third-order valence-electron chi connectivity index (χ3n) is 1.24. The van der Waals surface area contributed by atoms with Gasteiger partial charge in [-0.05, 0) is 6.08 Å². The van der Waals surface area contributed by atoms with Gasteiger partial charge in [-0.15, -0.1) is 0 Å². The molecule has 0 fully saturated rings. The van der Waals surface area contributed by atoms with E-state index in [0.29, 0.717) is 0 Å². The number of rotatable bonds is 2. The Morgan fingerprint density at radius 1 is 2.00 bits per heavy atom. The van der Waals surface area contributed by atoms with Crippen LogP contribution >= 0.6 is 11.6 Å². The lowest BCUT2D eigenvalue weighted by Gasteiger charge is -2.10. The van der Waals surface area contributed by atoms with Crippen molar-refractivity contribution in [3.8, 4) is 0 Å². The number of nitrogens with one attached hydrogen (secondary N) is 1. The maximum absolute atomic E-state index is 10.3. The molecule has 0 spiro atoms. The minimum absolute atomic E-state index is 0.256. The maximum Gasteiger partial charge on any atom is 0.323 e. The summed E-state index contributed by atoms with van der Waals surface area (Å²) in [6, 6.07) is -1.08. The highest BCUT2D eigenvalue weighted by molar-refractivity contribution is 6.29. The number of carboxylic acid groups (broad SMARTS) is 1. The Morgan fingerprint density at radius 2 is 2.64 bits per heavy atom. The predicted molar refractivity (Wildman–Crippen MR) is 37.6 cm³/mol. The Balaban J connectivity index is 2.56. The molecule has 0 aliphatic carbocycles. The van der Waals surface area contributed by atoms with Crippen molar-refractivity contribution in [2.75, 3.05) is 0 Å². The zero-order valence-corrected chi connectivity index (χ0v) is 6.21. The van der Waals surface area contributed by atoms with E-state index in [1.807, 2.05) is 0 Å². The lowest BCUT2D eigenvalue weighted by atomic mass is 10.2. The molecule has 0 aromatic carbocycles. The van der Waals surface area contributed by atoms with E-state index in [1.165, 1.54) is 6.08 Å². The molecule has 0 amide bonds. The third-order valence-corrected chi connectivity index (χ3v) is 1.45. The van der Waals surface area contributed by atoms with Crippen LogP contribution in [-0.4, -0.2) is 23.2 Å². The van der Waals surface area contributed by atoms with Crippen LogP contribution in [0.25, 0.3) is 0 Å². The van der Waals surface area contributed by atoms with Gasteiger partial charge >= 0.3 is 5.97 Å². The first-order chi connectivity index (χ1) is 5.11. The van der Waals surface area contributed by atoms with E-state index < -0.39 is 18.1 Å². The van der Waals surface area contributed by atoms with Gasteiger partial charge in [0.2, 0.25) is 0 Å². The Labute approximate surface area is 67.7 Å². The van der Waals surface area contributed by atoms with Crippen molar-refractivity contribution in [2.45, 2.75) is 12.1 Å². The van der Waals surface area contributed by atoms with Gasteiger partial charge in [0.1, 0.15) is 17.3 Å². The summed E-state index contributed by atoms with van der Waals surface area (Å²) in [5.74, 6) is -1.13. The molecule has 6 heteroatoms. The Morgan fingerprint density at radius 3 is 3.00 bits per heavy atom. The number of halogens is 1. The minimum atomic E-state index is -1.13. The zero-order valence-electron chi connectivity index (χ0n) is 5.45. The summed E-state index contributed by atoms with van der Waals surface area (Å²) < 4.78 is 0. The molecule has 0 aromatic heterocycles. The third kappa shape index (κ3) is 1.83. The molecule has 0 unspecified atom stereocenters. The van der Waals surface area contributed by atoms with Crippen LogP contribution in [0.1, 0.15) is 0 Å². The molecule has 62 valence electrons. The molecule has 0 bridgehead atoms. The Bertz CT molecular complexity index is 206. The van der Waals surface area contributed by atoms with Crippen molar-refractivity contribution in [1.82, 2.24) is 5.48 Å². The van der Waals surface area contributed by atoms with Gasteiger partial charge in [-0.2, -0.15) is 0 Å². The summed E-state index contributed by atoms with van der Waals surface area (Å²) in [7, 11) is 0. The summed E-state index contributed by atoms with van der Waals surface area (Å²) >= 11 is 5.43. The van der Waals surface area contributed by atoms with Gasteiger partial charge in [-0.25, -0.2) is 0 Å². The standard InChI is InChI=1S/C5H7ClN2O3/c6-3-1-2(11-8-3)4(7)5(9)10/h1-2,4,8H,7H2,(H,9,10)/t2-,4+/m1/s1. The Hall–Kier alpha value is -0.780. The molecule has 2 atom stereocenters. The molecule has 5 nitrogen and oxygen atoms in total. The van der Waals surface area contributed by atoms with Crippen molar-refractivity contribution in [3.63, 3.8) is 0 Å². The molecule has 11 heavy (non-hydrogen) atoms. The molecule has 0 saturated heterocycles. The fraction of sp³-hybridized carbons (Fsp3) is 0.400. The summed E-state index contributed by atoms with van der Waals surface area (Å²) in [4.78, 5) is 15.0. The second-order valence-electron chi connectivity index (χ2n) is 2.06. The van der Waals surface area contributed by atoms with Crippen LogP contribution in [0.3, 0.4) is 0 Å². The second kappa shape index (κ2) is 3.08. The molecule has 0 saturated carbocycles. The van der Waals surface area contributed by atoms with E-state index in [0.717, 1.165) is 0 Å². The van der Waals surface area contributed by atoms with Crippen molar-refractivity contribution >= 4 is 17.6 Å². The highest BCUT2D eigenvalue weighted by Crippen LogP contribution is 2.11. The summed E-state index contributed by atoms with van der Waals surface area (Å²) in [6.07, 6.45) is 0.709. The van der Waals surface area contributed by atoms with Crippen molar-refractivity contribution in [2.24, 2.45) is 5.73 Å². The number of carboxylic acids is 1. The molecule has 1 rings (SSSR count). The first kappa shape index (κ1) is 8.32. The fourth-order valence-electron chi connectivity index (χ4n) is 0.654. The van der Waals surface area contributed by atoms with Gasteiger partial charge in [-0.1, -0.05) is 11.6 Å².